The number of primary amides is 1. The molecular weight excluding hydrogens is 302 g/mol. The maximum Gasteiger partial charge on any atom is 0.251 e. The highest BCUT2D eigenvalue weighted by molar-refractivity contribution is 5.94. The van der Waals surface area contributed by atoms with Crippen molar-refractivity contribution in [2.45, 2.75) is 38.0 Å². The number of hydrogen-bond donors (Lipinski definition) is 2. The Kier molecular flexibility index (Phi) is 4.90. The van der Waals surface area contributed by atoms with Crippen LogP contribution < -0.4 is 11.1 Å². The van der Waals surface area contributed by atoms with E-state index < -0.39 is 5.91 Å². The Morgan fingerprint density at radius 2 is 1.83 bits per heavy atom. The molecule has 0 aromatic heterocycles. The smallest absolute Gasteiger partial charge is 0.251 e. The topological polar surface area (TPSA) is 75.4 Å². The van der Waals surface area contributed by atoms with Crippen LogP contribution in [-0.4, -0.2) is 42.9 Å². The number of likely N-dealkylation sites (tertiary alicyclic amines) is 1. The molecule has 5 nitrogen and oxygen atoms in total. The monoisotopic (exact) mass is 329 g/mol. The molecule has 0 bridgehead atoms. The van der Waals surface area contributed by atoms with Gasteiger partial charge in [0.05, 0.1) is 5.92 Å². The van der Waals surface area contributed by atoms with Crippen LogP contribution in [0.4, 0.5) is 0 Å². The summed E-state index contributed by atoms with van der Waals surface area (Å²) < 4.78 is 0. The number of amides is 2. The molecule has 1 aliphatic carbocycles. The van der Waals surface area contributed by atoms with E-state index in [4.69, 9.17) is 5.73 Å². The first-order valence-electron chi connectivity index (χ1n) is 8.91. The molecule has 1 atom stereocenters. The lowest BCUT2D eigenvalue weighted by atomic mass is 9.94. The van der Waals surface area contributed by atoms with Gasteiger partial charge in [-0.05, 0) is 56.5 Å². The number of rotatable bonds is 7. The zero-order valence-electron chi connectivity index (χ0n) is 14.4. The molecule has 1 saturated heterocycles. The van der Waals surface area contributed by atoms with Gasteiger partial charge in [0.2, 0.25) is 5.91 Å². The summed E-state index contributed by atoms with van der Waals surface area (Å²) in [6.45, 7) is 5.57. The summed E-state index contributed by atoms with van der Waals surface area (Å²) in [5, 5.41) is 2.76. The van der Waals surface area contributed by atoms with E-state index in [0.717, 1.165) is 6.54 Å². The predicted molar refractivity (Wildman–Crippen MR) is 93.7 cm³/mol. The molecule has 130 valence electrons. The van der Waals surface area contributed by atoms with Gasteiger partial charge in [-0.15, -0.1) is 0 Å². The average Bonchev–Trinajstić information content (AvgIpc) is 3.18. The zero-order chi connectivity index (χ0) is 17.2. The normalized spacial score (nSPS) is 20.5. The van der Waals surface area contributed by atoms with Gasteiger partial charge in [0.25, 0.3) is 5.91 Å². The van der Waals surface area contributed by atoms with Gasteiger partial charge >= 0.3 is 0 Å². The van der Waals surface area contributed by atoms with Gasteiger partial charge in [0, 0.05) is 24.1 Å². The minimum Gasteiger partial charge on any atom is -0.369 e. The molecule has 1 aliphatic heterocycles. The van der Waals surface area contributed by atoms with Gasteiger partial charge in [-0.1, -0.05) is 19.1 Å². The predicted octanol–water partition coefficient (Wildman–Crippen LogP) is 1.67. The number of hydrogen-bond acceptors (Lipinski definition) is 3. The molecule has 0 spiro atoms. The van der Waals surface area contributed by atoms with E-state index in [1.54, 1.807) is 6.92 Å². The maximum atomic E-state index is 12.2. The van der Waals surface area contributed by atoms with Crippen LogP contribution in [0.1, 0.15) is 48.5 Å². The summed E-state index contributed by atoms with van der Waals surface area (Å²) in [6, 6.07) is 7.97. The molecule has 3 N–H and O–H groups in total. The molecule has 0 radical (unpaired) electrons. The SMILES string of the molecule is CC(CNC(=O)c1ccc(C2(CN3CCCC3)CC2)cc1)C(N)=O. The van der Waals surface area contributed by atoms with Crippen molar-refractivity contribution in [2.75, 3.05) is 26.2 Å². The Balaban J connectivity index is 1.58. The van der Waals surface area contributed by atoms with Crippen LogP contribution in [0.25, 0.3) is 0 Å². The lowest BCUT2D eigenvalue weighted by molar-refractivity contribution is -0.121. The molecule has 1 aromatic rings. The second kappa shape index (κ2) is 6.93. The first-order valence-corrected chi connectivity index (χ1v) is 8.91. The summed E-state index contributed by atoms with van der Waals surface area (Å²) in [5.74, 6) is -0.911. The van der Waals surface area contributed by atoms with Gasteiger partial charge in [-0.3, -0.25) is 9.59 Å². The van der Waals surface area contributed by atoms with Crippen LogP contribution in [-0.2, 0) is 10.2 Å². The van der Waals surface area contributed by atoms with Gasteiger partial charge in [-0.2, -0.15) is 0 Å². The van der Waals surface area contributed by atoms with E-state index >= 15 is 0 Å². The number of carbonyl (C=O) groups is 2. The van der Waals surface area contributed by atoms with Crippen molar-refractivity contribution < 1.29 is 9.59 Å². The molecule has 1 heterocycles. The Labute approximate surface area is 143 Å². The molecule has 1 aromatic carbocycles. The van der Waals surface area contributed by atoms with Crippen molar-refractivity contribution in [2.24, 2.45) is 11.7 Å². The minimum absolute atomic E-state index is 0.154. The van der Waals surface area contributed by atoms with Gasteiger partial charge < -0.3 is 16.0 Å². The van der Waals surface area contributed by atoms with Gasteiger partial charge in [0.15, 0.2) is 0 Å². The Morgan fingerprint density at radius 3 is 2.38 bits per heavy atom. The summed E-state index contributed by atoms with van der Waals surface area (Å²) >= 11 is 0. The second-order valence-electron chi connectivity index (χ2n) is 7.35. The van der Waals surface area contributed by atoms with Crippen LogP contribution in [0.3, 0.4) is 0 Å². The van der Waals surface area contributed by atoms with E-state index in [1.165, 1.54) is 44.3 Å². The molecule has 2 aliphatic rings. The van der Waals surface area contributed by atoms with Crippen LogP contribution >= 0.6 is 0 Å². The largest absolute Gasteiger partial charge is 0.369 e. The highest BCUT2D eigenvalue weighted by Gasteiger charge is 2.45. The first kappa shape index (κ1) is 17.0. The Hall–Kier alpha value is -1.88. The zero-order valence-corrected chi connectivity index (χ0v) is 14.4. The van der Waals surface area contributed by atoms with Crippen LogP contribution in [0.5, 0.6) is 0 Å². The number of nitrogens with zero attached hydrogens (tertiary/aromatic N) is 1. The van der Waals surface area contributed by atoms with Crippen molar-refractivity contribution in [3.8, 4) is 0 Å². The third kappa shape index (κ3) is 3.78. The molecule has 2 fully saturated rings. The molecule has 1 unspecified atom stereocenters. The maximum absolute atomic E-state index is 12.2. The summed E-state index contributed by atoms with van der Waals surface area (Å²) in [7, 11) is 0. The number of benzene rings is 1. The van der Waals surface area contributed by atoms with Crippen LogP contribution in [0.2, 0.25) is 0 Å². The van der Waals surface area contributed by atoms with Crippen molar-refractivity contribution >= 4 is 11.8 Å². The third-order valence-electron chi connectivity index (χ3n) is 5.39. The van der Waals surface area contributed by atoms with E-state index in [2.05, 4.69) is 22.3 Å². The van der Waals surface area contributed by atoms with Crippen LogP contribution in [0.15, 0.2) is 24.3 Å². The quantitative estimate of drug-likeness (QED) is 0.799. The Bertz CT molecular complexity index is 602. The first-order chi connectivity index (χ1) is 11.5. The molecule has 2 amide bonds. The van der Waals surface area contributed by atoms with Crippen molar-refractivity contribution in [1.82, 2.24) is 10.2 Å². The summed E-state index contributed by atoms with van der Waals surface area (Å²) in [5.41, 5.74) is 7.49. The second-order valence-corrected chi connectivity index (χ2v) is 7.35. The van der Waals surface area contributed by atoms with E-state index in [1.807, 2.05) is 12.1 Å². The van der Waals surface area contributed by atoms with Crippen molar-refractivity contribution in [3.05, 3.63) is 35.4 Å². The van der Waals surface area contributed by atoms with Crippen LogP contribution in [0, 0.1) is 5.92 Å². The standard InChI is InChI=1S/C19H27N3O2/c1-14(17(20)23)12-21-18(24)15-4-6-16(7-5-15)19(8-9-19)13-22-10-2-3-11-22/h4-7,14H,2-3,8-13H2,1H3,(H2,20,23)(H,21,24). The number of nitrogens with one attached hydrogen (secondary N) is 1. The Morgan fingerprint density at radius 1 is 1.21 bits per heavy atom. The fourth-order valence-electron chi connectivity index (χ4n) is 3.48. The summed E-state index contributed by atoms with van der Waals surface area (Å²) in [6.07, 6.45) is 5.12. The highest BCUT2D eigenvalue weighted by atomic mass is 16.2. The molecule has 5 heteroatoms. The van der Waals surface area contributed by atoms with Gasteiger partial charge in [-0.25, -0.2) is 0 Å². The molecule has 24 heavy (non-hydrogen) atoms. The van der Waals surface area contributed by atoms with Crippen molar-refractivity contribution in [1.29, 1.82) is 0 Å². The molecule has 1 saturated carbocycles. The fraction of sp³-hybridized carbons (Fsp3) is 0.579. The minimum atomic E-state index is -0.400. The van der Waals surface area contributed by atoms with Crippen molar-refractivity contribution in [3.63, 3.8) is 0 Å². The lowest BCUT2D eigenvalue weighted by Crippen LogP contribution is -2.34. The molecular formula is C19H27N3O2. The summed E-state index contributed by atoms with van der Waals surface area (Å²) in [4.78, 5) is 25.7. The lowest BCUT2D eigenvalue weighted by Gasteiger charge is -2.23. The highest BCUT2D eigenvalue weighted by Crippen LogP contribution is 2.49. The van der Waals surface area contributed by atoms with Gasteiger partial charge in [0.1, 0.15) is 0 Å². The fourth-order valence-corrected chi connectivity index (χ4v) is 3.48. The number of nitrogens with two attached hydrogens (primary N) is 1. The third-order valence-corrected chi connectivity index (χ3v) is 5.39. The molecule has 3 rings (SSSR count). The number of carbonyl (C=O) groups excluding carboxylic acids is 2. The van der Waals surface area contributed by atoms with E-state index in [-0.39, 0.29) is 18.4 Å². The van der Waals surface area contributed by atoms with E-state index in [9.17, 15) is 9.59 Å². The average molecular weight is 329 g/mol. The van der Waals surface area contributed by atoms with E-state index in [0.29, 0.717) is 11.0 Å².